The third kappa shape index (κ3) is 6.36. The van der Waals surface area contributed by atoms with E-state index in [2.05, 4.69) is 32.0 Å². The fraction of sp³-hybridized carbons (Fsp3) is 0.552. The van der Waals surface area contributed by atoms with Crippen molar-refractivity contribution in [2.24, 2.45) is 11.3 Å². The molecule has 0 atom stereocenters. The number of esters is 2. The van der Waals surface area contributed by atoms with Crippen molar-refractivity contribution < 1.29 is 28.6 Å². The topological polar surface area (TPSA) is 78.9 Å². The van der Waals surface area contributed by atoms with Gasteiger partial charge in [0.2, 0.25) is 0 Å². The molecule has 6 nitrogen and oxygen atoms in total. The van der Waals surface area contributed by atoms with Gasteiger partial charge in [-0.3, -0.25) is 14.4 Å². The summed E-state index contributed by atoms with van der Waals surface area (Å²) < 4.78 is 15.5. The van der Waals surface area contributed by atoms with Gasteiger partial charge in [-0.2, -0.15) is 0 Å². The van der Waals surface area contributed by atoms with E-state index in [1.165, 1.54) is 24.7 Å². The van der Waals surface area contributed by atoms with Crippen LogP contribution >= 0.6 is 11.3 Å². The van der Waals surface area contributed by atoms with Gasteiger partial charge in [0.1, 0.15) is 12.4 Å². The number of rotatable bonds is 11. The van der Waals surface area contributed by atoms with Crippen molar-refractivity contribution in [2.45, 2.75) is 73.1 Å². The van der Waals surface area contributed by atoms with Gasteiger partial charge in [0, 0.05) is 27.0 Å². The highest BCUT2D eigenvalue weighted by Gasteiger charge is 2.35. The third-order valence-electron chi connectivity index (χ3n) is 6.98. The summed E-state index contributed by atoms with van der Waals surface area (Å²) in [5, 5.41) is 0. The zero-order valence-corrected chi connectivity index (χ0v) is 23.9. The largest absolute Gasteiger partial charge is 0.486 e. The number of ketones is 1. The summed E-state index contributed by atoms with van der Waals surface area (Å²) >= 11 is 1.63. The molecule has 0 N–H and O–H groups in total. The molecule has 1 aromatic carbocycles. The highest BCUT2D eigenvalue weighted by Crippen LogP contribution is 2.44. The first kappa shape index (κ1) is 29.6. The first-order valence-corrected chi connectivity index (χ1v) is 13.2. The van der Waals surface area contributed by atoms with E-state index in [4.69, 9.17) is 14.2 Å². The molecule has 0 saturated carbocycles. The maximum Gasteiger partial charge on any atom is 0.320 e. The summed E-state index contributed by atoms with van der Waals surface area (Å²) in [5.74, 6) is -1.41. The molecule has 0 aliphatic carbocycles. The highest BCUT2D eigenvalue weighted by molar-refractivity contribution is 7.12. The molecule has 0 fully saturated rings. The van der Waals surface area contributed by atoms with Gasteiger partial charge >= 0.3 is 11.9 Å². The molecule has 1 heterocycles. The monoisotopic (exact) mass is 516 g/mol. The molecule has 0 radical (unpaired) electrons. The Balaban J connectivity index is 2.41. The standard InChI is InChI=1S/C29H40O6S/c1-10-29(11-2,20-12-13-22(18(3)14-20)35-17-24(30)28(5,6)7)25-15-19(4)23(36-25)16-21(26(31)33-8)27(32)34-9/h12-15,21H,10-11,16-17H2,1-9H3. The molecule has 1 aromatic heterocycles. The molecule has 0 spiro atoms. The van der Waals surface area contributed by atoms with Gasteiger partial charge in [-0.15, -0.1) is 11.3 Å². The lowest BCUT2D eigenvalue weighted by atomic mass is 9.74. The molecule has 7 heteroatoms. The average Bonchev–Trinajstić information content (AvgIpc) is 3.21. The molecule has 36 heavy (non-hydrogen) atoms. The third-order valence-corrected chi connectivity index (χ3v) is 8.45. The predicted molar refractivity (Wildman–Crippen MR) is 143 cm³/mol. The molecular weight excluding hydrogens is 476 g/mol. The summed E-state index contributed by atoms with van der Waals surface area (Å²) in [6, 6.07) is 8.34. The van der Waals surface area contributed by atoms with Crippen LogP contribution in [0.4, 0.5) is 0 Å². The number of hydrogen-bond acceptors (Lipinski definition) is 7. The van der Waals surface area contributed by atoms with E-state index in [9.17, 15) is 14.4 Å². The van der Waals surface area contributed by atoms with Crippen molar-refractivity contribution in [1.82, 2.24) is 0 Å². The van der Waals surface area contributed by atoms with E-state index in [0.29, 0.717) is 5.75 Å². The molecule has 0 unspecified atom stereocenters. The minimum atomic E-state index is -0.989. The Morgan fingerprint density at radius 2 is 1.50 bits per heavy atom. The SMILES string of the molecule is CCC(CC)(c1ccc(OCC(=O)C(C)(C)C)c(C)c1)c1cc(C)c(CC(C(=O)OC)C(=O)OC)s1. The Morgan fingerprint density at radius 3 is 1.97 bits per heavy atom. The molecule has 0 saturated heterocycles. The van der Waals surface area contributed by atoms with Crippen LogP contribution in [0, 0.1) is 25.2 Å². The molecule has 0 aliphatic rings. The molecule has 2 aromatic rings. The Kier molecular flexibility index (Phi) is 9.89. The van der Waals surface area contributed by atoms with E-state index >= 15 is 0 Å². The quantitative estimate of drug-likeness (QED) is 0.270. The van der Waals surface area contributed by atoms with Crippen molar-refractivity contribution in [2.75, 3.05) is 20.8 Å². The maximum absolute atomic E-state index is 12.3. The van der Waals surface area contributed by atoms with Gasteiger partial charge in [-0.1, -0.05) is 46.8 Å². The second-order valence-electron chi connectivity index (χ2n) is 10.3. The number of carbonyl (C=O) groups is 3. The van der Waals surface area contributed by atoms with Gasteiger partial charge in [0.15, 0.2) is 11.7 Å². The summed E-state index contributed by atoms with van der Waals surface area (Å²) in [6.07, 6.45) is 2.00. The number of carbonyl (C=O) groups excluding carboxylic acids is 3. The molecular formula is C29H40O6S. The van der Waals surface area contributed by atoms with E-state index in [1.807, 2.05) is 40.7 Å². The first-order chi connectivity index (χ1) is 16.8. The van der Waals surface area contributed by atoms with Crippen LogP contribution in [0.2, 0.25) is 0 Å². The Hall–Kier alpha value is -2.67. The van der Waals surface area contributed by atoms with Crippen LogP contribution in [0.15, 0.2) is 24.3 Å². The average molecular weight is 517 g/mol. The highest BCUT2D eigenvalue weighted by atomic mass is 32.1. The van der Waals surface area contributed by atoms with Gasteiger partial charge in [-0.25, -0.2) is 0 Å². The van der Waals surface area contributed by atoms with Crippen LogP contribution in [0.5, 0.6) is 5.75 Å². The number of methoxy groups -OCH3 is 2. The number of aryl methyl sites for hydroxylation is 2. The molecule has 198 valence electrons. The van der Waals surface area contributed by atoms with Crippen molar-refractivity contribution in [3.63, 3.8) is 0 Å². The van der Waals surface area contributed by atoms with Crippen LogP contribution in [-0.4, -0.2) is 38.5 Å². The van der Waals surface area contributed by atoms with Crippen LogP contribution in [0.3, 0.4) is 0 Å². The Bertz CT molecular complexity index is 1070. The number of hydrogen-bond donors (Lipinski definition) is 0. The van der Waals surface area contributed by atoms with Gasteiger partial charge in [0.05, 0.1) is 14.2 Å². The summed E-state index contributed by atoms with van der Waals surface area (Å²) in [5.41, 5.74) is 2.51. The van der Waals surface area contributed by atoms with Crippen LogP contribution < -0.4 is 4.74 Å². The maximum atomic E-state index is 12.3. The smallest absolute Gasteiger partial charge is 0.320 e. The Morgan fingerprint density at radius 1 is 0.917 bits per heavy atom. The van der Waals surface area contributed by atoms with Crippen LogP contribution in [0.1, 0.15) is 73.9 Å². The predicted octanol–water partition coefficient (Wildman–Crippen LogP) is 5.97. The second kappa shape index (κ2) is 12.0. The summed E-state index contributed by atoms with van der Waals surface area (Å²) in [6.45, 7) is 14.1. The number of ether oxygens (including phenoxy) is 3. The van der Waals surface area contributed by atoms with Crippen LogP contribution in [-0.2, 0) is 35.7 Å². The van der Waals surface area contributed by atoms with Crippen molar-refractivity contribution >= 4 is 29.1 Å². The minimum Gasteiger partial charge on any atom is -0.486 e. The fourth-order valence-electron chi connectivity index (χ4n) is 4.31. The van der Waals surface area contributed by atoms with E-state index in [1.54, 1.807) is 11.3 Å². The van der Waals surface area contributed by atoms with E-state index < -0.39 is 23.3 Å². The number of benzene rings is 1. The molecule has 2 rings (SSSR count). The molecule has 0 bridgehead atoms. The lowest BCUT2D eigenvalue weighted by Crippen LogP contribution is -2.28. The van der Waals surface area contributed by atoms with Gasteiger partial charge in [-0.05, 0) is 55.5 Å². The number of thiophene rings is 1. The minimum absolute atomic E-state index is 0.0470. The normalized spacial score (nSPS) is 11.9. The van der Waals surface area contributed by atoms with Crippen molar-refractivity contribution in [1.29, 1.82) is 0 Å². The van der Waals surface area contributed by atoms with E-state index in [0.717, 1.165) is 28.8 Å². The zero-order valence-electron chi connectivity index (χ0n) is 23.1. The number of Topliss-reactive ketones (excluding diaryl/α,β-unsaturated/α-hetero) is 1. The fourth-order valence-corrected chi connectivity index (χ4v) is 5.88. The van der Waals surface area contributed by atoms with Crippen LogP contribution in [0.25, 0.3) is 0 Å². The second-order valence-corrected chi connectivity index (χ2v) is 11.4. The summed E-state index contributed by atoms with van der Waals surface area (Å²) in [4.78, 5) is 38.9. The van der Waals surface area contributed by atoms with Crippen molar-refractivity contribution in [3.05, 3.63) is 50.7 Å². The zero-order chi connectivity index (χ0) is 27.3. The van der Waals surface area contributed by atoms with Gasteiger partial charge < -0.3 is 14.2 Å². The van der Waals surface area contributed by atoms with Crippen molar-refractivity contribution in [3.8, 4) is 5.75 Å². The lowest BCUT2D eigenvalue weighted by Gasteiger charge is -2.32. The van der Waals surface area contributed by atoms with E-state index in [-0.39, 0.29) is 24.2 Å². The molecule has 0 amide bonds. The lowest BCUT2D eigenvalue weighted by molar-refractivity contribution is -0.158. The summed E-state index contributed by atoms with van der Waals surface area (Å²) in [7, 11) is 2.55. The first-order valence-electron chi connectivity index (χ1n) is 12.4. The molecule has 0 aliphatic heterocycles. The Labute approximate surface area is 219 Å². The van der Waals surface area contributed by atoms with Gasteiger partial charge in [0.25, 0.3) is 0 Å².